The van der Waals surface area contributed by atoms with Crippen molar-refractivity contribution in [2.24, 2.45) is 0 Å². The monoisotopic (exact) mass is 374 g/mol. The smallest absolute Gasteiger partial charge is 0.340 e. The minimum atomic E-state index is -4.00. The first-order valence-electron chi connectivity index (χ1n) is 8.16. The van der Waals surface area contributed by atoms with Crippen LogP contribution in [0.25, 0.3) is 0 Å². The highest BCUT2D eigenvalue weighted by atomic mass is 32.2. The lowest BCUT2D eigenvalue weighted by atomic mass is 10.1. The van der Waals surface area contributed by atoms with E-state index < -0.39 is 28.0 Å². The van der Waals surface area contributed by atoms with Gasteiger partial charge in [0.2, 0.25) is 6.10 Å². The highest BCUT2D eigenvalue weighted by Crippen LogP contribution is 2.08. The number of carboxylic acids is 1. The Kier molecular flexibility index (Phi) is 11.7. The highest BCUT2D eigenvalue weighted by Gasteiger charge is 2.21. The zero-order chi connectivity index (χ0) is 19.3. The third-order valence-electron chi connectivity index (χ3n) is 3.36. The van der Waals surface area contributed by atoms with Crippen molar-refractivity contribution >= 4 is 21.9 Å². The molecule has 25 heavy (non-hydrogen) atoms. The molecular weight excluding hydrogens is 348 g/mol. The molecule has 0 saturated heterocycles. The van der Waals surface area contributed by atoms with Crippen molar-refractivity contribution < 1.29 is 32.8 Å². The van der Waals surface area contributed by atoms with Crippen LogP contribution in [-0.4, -0.2) is 41.0 Å². The van der Waals surface area contributed by atoms with E-state index in [0.717, 1.165) is 19.3 Å². The maximum atomic E-state index is 11.0. The fraction of sp³-hybridized carbons (Fsp3) is 0.529. The summed E-state index contributed by atoms with van der Waals surface area (Å²) in [5.41, 5.74) is 0. The second-order valence-electron chi connectivity index (χ2n) is 5.51. The molecule has 1 aromatic carbocycles. The normalized spacial score (nSPS) is 12.0. The quantitative estimate of drug-likeness (QED) is 0.326. The number of hydrogen-bond acceptors (Lipinski definition) is 5. The van der Waals surface area contributed by atoms with Crippen LogP contribution < -0.4 is 0 Å². The minimum Gasteiger partial charge on any atom is -0.479 e. The lowest BCUT2D eigenvalue weighted by Crippen LogP contribution is -2.29. The first-order chi connectivity index (χ1) is 11.7. The molecule has 7 nitrogen and oxygen atoms in total. The fourth-order valence-corrected chi connectivity index (χ4v) is 2.45. The van der Waals surface area contributed by atoms with Gasteiger partial charge in [-0.15, -0.1) is 0 Å². The first kappa shape index (κ1) is 23.2. The number of benzene rings is 1. The summed E-state index contributed by atoms with van der Waals surface area (Å²) >= 11 is 0. The molecule has 1 rings (SSSR count). The Hall–Kier alpha value is -1.77. The number of unbranched alkanes of at least 4 members (excludes halogenated alkanes) is 5. The maximum Gasteiger partial charge on any atom is 0.340 e. The van der Waals surface area contributed by atoms with E-state index in [1.54, 1.807) is 18.2 Å². The van der Waals surface area contributed by atoms with Gasteiger partial charge in [-0.25, -0.2) is 4.79 Å². The number of aliphatic carboxylic acids is 1. The van der Waals surface area contributed by atoms with Crippen LogP contribution in [0.15, 0.2) is 35.2 Å². The fourth-order valence-electron chi connectivity index (χ4n) is 1.95. The van der Waals surface area contributed by atoms with E-state index in [-0.39, 0.29) is 11.3 Å². The van der Waals surface area contributed by atoms with Crippen LogP contribution in [0, 0.1) is 0 Å². The van der Waals surface area contributed by atoms with Gasteiger partial charge in [-0.05, 0) is 18.6 Å². The number of carboxylic acid groups (broad SMARTS) is 1. The number of carbonyl (C=O) groups excluding carboxylic acids is 1. The molecule has 0 heterocycles. The van der Waals surface area contributed by atoms with Crippen LogP contribution in [-0.2, 0) is 19.7 Å². The van der Waals surface area contributed by atoms with Crippen molar-refractivity contribution in [2.75, 3.05) is 0 Å². The molecule has 0 aliphatic heterocycles. The average molecular weight is 374 g/mol. The standard InChI is InChI=1S/C11H20O4.C6H6O3S/c1-2-3-4-5-6-7-8-9(12)10(13)11(14)15;7-10(8,9)6-4-2-1-3-5-6/h10,13H,2-8H2,1H3,(H,14,15);1-5H,(H,7,8,9). The zero-order valence-corrected chi connectivity index (χ0v) is 15.1. The van der Waals surface area contributed by atoms with Gasteiger partial charge in [0.05, 0.1) is 4.90 Å². The molecule has 1 aromatic rings. The highest BCUT2D eigenvalue weighted by molar-refractivity contribution is 7.85. The van der Waals surface area contributed by atoms with E-state index in [4.69, 9.17) is 14.8 Å². The Morgan fingerprint density at radius 1 is 1.00 bits per heavy atom. The van der Waals surface area contributed by atoms with E-state index in [9.17, 15) is 18.0 Å². The van der Waals surface area contributed by atoms with Crippen molar-refractivity contribution in [3.8, 4) is 0 Å². The molecule has 3 N–H and O–H groups in total. The van der Waals surface area contributed by atoms with Crippen molar-refractivity contribution in [3.05, 3.63) is 30.3 Å². The molecule has 0 radical (unpaired) electrons. The third-order valence-corrected chi connectivity index (χ3v) is 4.22. The molecule has 0 fully saturated rings. The second-order valence-corrected chi connectivity index (χ2v) is 6.93. The van der Waals surface area contributed by atoms with Crippen LogP contribution in [0.5, 0.6) is 0 Å². The Balaban J connectivity index is 0.000000496. The Labute approximate surface area is 148 Å². The number of rotatable bonds is 10. The van der Waals surface area contributed by atoms with E-state index in [1.807, 2.05) is 0 Å². The van der Waals surface area contributed by atoms with E-state index in [0.29, 0.717) is 6.42 Å². The van der Waals surface area contributed by atoms with Crippen molar-refractivity contribution in [1.82, 2.24) is 0 Å². The van der Waals surface area contributed by atoms with Gasteiger partial charge < -0.3 is 10.2 Å². The largest absolute Gasteiger partial charge is 0.479 e. The van der Waals surface area contributed by atoms with Gasteiger partial charge >= 0.3 is 5.97 Å². The zero-order valence-electron chi connectivity index (χ0n) is 14.3. The number of hydrogen-bond donors (Lipinski definition) is 3. The van der Waals surface area contributed by atoms with Crippen LogP contribution in [0.2, 0.25) is 0 Å². The van der Waals surface area contributed by atoms with Gasteiger partial charge in [0.15, 0.2) is 5.78 Å². The predicted octanol–water partition coefficient (Wildman–Crippen LogP) is 2.68. The third kappa shape index (κ3) is 11.4. The molecule has 0 aliphatic carbocycles. The summed E-state index contributed by atoms with van der Waals surface area (Å²) in [4.78, 5) is 21.2. The summed E-state index contributed by atoms with van der Waals surface area (Å²) in [6, 6.07) is 7.42. The molecule has 1 atom stereocenters. The lowest BCUT2D eigenvalue weighted by molar-refractivity contribution is -0.152. The Morgan fingerprint density at radius 3 is 1.96 bits per heavy atom. The Morgan fingerprint density at radius 2 is 1.52 bits per heavy atom. The summed E-state index contributed by atoms with van der Waals surface area (Å²) in [5.74, 6) is -2.04. The molecule has 0 bridgehead atoms. The molecule has 0 aromatic heterocycles. The van der Waals surface area contributed by atoms with Crippen molar-refractivity contribution in [3.63, 3.8) is 0 Å². The van der Waals surface area contributed by atoms with Crippen LogP contribution >= 0.6 is 0 Å². The van der Waals surface area contributed by atoms with Gasteiger partial charge in [-0.2, -0.15) is 8.42 Å². The van der Waals surface area contributed by atoms with Gasteiger partial charge in [0.25, 0.3) is 10.1 Å². The van der Waals surface area contributed by atoms with E-state index >= 15 is 0 Å². The molecular formula is C17H26O7S. The molecule has 0 spiro atoms. The summed E-state index contributed by atoms with van der Waals surface area (Å²) in [5, 5.41) is 17.2. The van der Waals surface area contributed by atoms with E-state index in [2.05, 4.69) is 6.92 Å². The number of ketones is 1. The Bertz CT molecular complexity index is 611. The van der Waals surface area contributed by atoms with Crippen LogP contribution in [0.4, 0.5) is 0 Å². The number of aliphatic hydroxyl groups is 1. The maximum absolute atomic E-state index is 11.0. The molecule has 1 unspecified atom stereocenters. The predicted molar refractivity (Wildman–Crippen MR) is 92.9 cm³/mol. The van der Waals surface area contributed by atoms with Crippen molar-refractivity contribution in [2.45, 2.75) is 62.9 Å². The van der Waals surface area contributed by atoms with Gasteiger partial charge in [-0.1, -0.05) is 57.2 Å². The van der Waals surface area contributed by atoms with E-state index in [1.165, 1.54) is 25.0 Å². The van der Waals surface area contributed by atoms with Crippen LogP contribution in [0.3, 0.4) is 0 Å². The number of carbonyl (C=O) groups is 2. The minimum absolute atomic E-state index is 0.0741. The molecule has 8 heteroatoms. The number of aliphatic hydroxyl groups excluding tert-OH is 1. The summed E-state index contributed by atoms with van der Waals surface area (Å²) in [6.45, 7) is 2.13. The second kappa shape index (κ2) is 12.6. The lowest BCUT2D eigenvalue weighted by Gasteiger charge is -2.04. The average Bonchev–Trinajstić information content (AvgIpc) is 2.57. The molecule has 0 amide bonds. The van der Waals surface area contributed by atoms with Gasteiger partial charge in [0.1, 0.15) is 0 Å². The summed E-state index contributed by atoms with van der Waals surface area (Å²) < 4.78 is 29.2. The first-order valence-corrected chi connectivity index (χ1v) is 9.60. The topological polar surface area (TPSA) is 129 Å². The van der Waals surface area contributed by atoms with Gasteiger partial charge in [0, 0.05) is 6.42 Å². The summed E-state index contributed by atoms with van der Waals surface area (Å²) in [6.07, 6.45) is 4.55. The molecule has 0 aliphatic rings. The summed E-state index contributed by atoms with van der Waals surface area (Å²) in [7, 11) is -4.00. The number of Topliss-reactive ketones (excluding diaryl/α,β-unsaturated/α-hetero) is 1. The SMILES string of the molecule is CCCCCCCCC(=O)C(O)C(=O)O.O=S(=O)(O)c1ccccc1. The van der Waals surface area contributed by atoms with Crippen LogP contribution in [0.1, 0.15) is 51.9 Å². The van der Waals surface area contributed by atoms with Crippen molar-refractivity contribution in [1.29, 1.82) is 0 Å². The molecule has 142 valence electrons. The van der Waals surface area contributed by atoms with Gasteiger partial charge in [-0.3, -0.25) is 9.35 Å². The molecule has 0 saturated carbocycles.